The van der Waals surface area contributed by atoms with Crippen LogP contribution in [0, 0.1) is 29.1 Å². The van der Waals surface area contributed by atoms with Gasteiger partial charge in [-0.25, -0.2) is 4.98 Å². The van der Waals surface area contributed by atoms with Gasteiger partial charge in [-0.05, 0) is 55.3 Å². The largest absolute Gasteiger partial charge is 0.347 e. The van der Waals surface area contributed by atoms with E-state index in [0.717, 1.165) is 19.3 Å². The fraction of sp³-hybridized carbons (Fsp3) is 0.722. The van der Waals surface area contributed by atoms with E-state index in [0.29, 0.717) is 19.4 Å². The molecule has 1 aromatic heterocycles. The minimum atomic E-state index is -1.03. The zero-order valence-corrected chi connectivity index (χ0v) is 30.7. The summed E-state index contributed by atoms with van der Waals surface area (Å²) in [7, 11) is 0. The van der Waals surface area contributed by atoms with E-state index in [1.54, 1.807) is 4.90 Å². The van der Waals surface area contributed by atoms with Crippen LogP contribution in [0.15, 0.2) is 18.6 Å². The quantitative estimate of drug-likeness (QED) is 0.204. The van der Waals surface area contributed by atoms with Crippen molar-refractivity contribution in [3.8, 4) is 0 Å². The Morgan fingerprint density at radius 3 is 2.20 bits per heavy atom. The van der Waals surface area contributed by atoms with E-state index in [4.69, 9.17) is 0 Å². The molecule has 4 N–H and O–H groups in total. The predicted molar refractivity (Wildman–Crippen MR) is 185 cm³/mol. The summed E-state index contributed by atoms with van der Waals surface area (Å²) in [5, 5.41) is 11.3. The molecule has 0 radical (unpaired) electrons. The van der Waals surface area contributed by atoms with Crippen molar-refractivity contribution in [2.45, 2.75) is 131 Å². The van der Waals surface area contributed by atoms with Gasteiger partial charge in [-0.2, -0.15) is 0 Å². The second kappa shape index (κ2) is 17.2. The van der Waals surface area contributed by atoms with Crippen LogP contribution in [0.25, 0.3) is 0 Å². The zero-order valence-electron chi connectivity index (χ0n) is 30.7. The van der Waals surface area contributed by atoms with Crippen LogP contribution in [0.2, 0.25) is 0 Å². The predicted octanol–water partition coefficient (Wildman–Crippen LogP) is 2.79. The summed E-state index contributed by atoms with van der Waals surface area (Å²) in [4.78, 5) is 91.1. The van der Waals surface area contributed by atoms with E-state index in [2.05, 4.69) is 31.2 Å². The Balaban J connectivity index is 1.86. The summed E-state index contributed by atoms with van der Waals surface area (Å²) in [5.74, 6) is -3.54. The Bertz CT molecular complexity index is 1350. The summed E-state index contributed by atoms with van der Waals surface area (Å²) < 4.78 is 0. The first-order valence-electron chi connectivity index (χ1n) is 17.8. The summed E-state index contributed by atoms with van der Waals surface area (Å²) in [6.07, 6.45) is 8.11. The van der Waals surface area contributed by atoms with Crippen molar-refractivity contribution in [1.82, 2.24) is 36.1 Å². The monoisotopic (exact) mass is 683 g/mol. The molecule has 1 saturated heterocycles. The van der Waals surface area contributed by atoms with Crippen LogP contribution in [0.4, 0.5) is 0 Å². The number of amides is 5. The highest BCUT2D eigenvalue weighted by Gasteiger charge is 2.52. The van der Waals surface area contributed by atoms with Crippen molar-refractivity contribution in [3.05, 3.63) is 24.3 Å². The molecule has 1 aromatic rings. The van der Waals surface area contributed by atoms with E-state index in [9.17, 15) is 28.8 Å². The van der Waals surface area contributed by atoms with E-state index in [1.165, 1.54) is 18.6 Å². The number of rotatable bonds is 15. The lowest BCUT2D eigenvalue weighted by molar-refractivity contribution is -0.146. The minimum absolute atomic E-state index is 0.0660. The van der Waals surface area contributed by atoms with Crippen molar-refractivity contribution >= 4 is 35.3 Å². The number of carbonyl (C=O) groups is 6. The van der Waals surface area contributed by atoms with Gasteiger partial charge in [0.05, 0.1) is 12.2 Å². The molecule has 1 unspecified atom stereocenters. The highest BCUT2D eigenvalue weighted by molar-refractivity contribution is 6.38. The molecule has 2 aliphatic rings. The molecule has 3 rings (SSSR count). The molecule has 8 atom stereocenters. The third-order valence-electron chi connectivity index (χ3n) is 10.2. The van der Waals surface area contributed by atoms with Crippen LogP contribution in [0.3, 0.4) is 0 Å². The Kier molecular flexibility index (Phi) is 13.8. The van der Waals surface area contributed by atoms with E-state index >= 15 is 0 Å². The molecule has 5 amide bonds. The molecule has 49 heavy (non-hydrogen) atoms. The van der Waals surface area contributed by atoms with Crippen LogP contribution in [0.1, 0.15) is 111 Å². The molecule has 0 bridgehead atoms. The summed E-state index contributed by atoms with van der Waals surface area (Å²) >= 11 is 0. The fourth-order valence-corrected chi connectivity index (χ4v) is 6.67. The van der Waals surface area contributed by atoms with Crippen molar-refractivity contribution < 1.29 is 28.8 Å². The van der Waals surface area contributed by atoms with Crippen LogP contribution in [-0.4, -0.2) is 86.9 Å². The highest BCUT2D eigenvalue weighted by atomic mass is 16.2. The van der Waals surface area contributed by atoms with Gasteiger partial charge >= 0.3 is 0 Å². The molecule has 1 aliphatic heterocycles. The van der Waals surface area contributed by atoms with Gasteiger partial charge in [-0.1, -0.05) is 74.7 Å². The maximum atomic E-state index is 14.5. The average molecular weight is 684 g/mol. The number of fused-ring (bicyclic) bond motifs is 1. The number of aromatic nitrogens is 2. The topological polar surface area (TPSA) is 180 Å². The summed E-state index contributed by atoms with van der Waals surface area (Å²) in [5.41, 5.74) is -0.692. The summed E-state index contributed by atoms with van der Waals surface area (Å²) in [6, 6.07) is -4.08. The number of Topliss-reactive ketones (excluding diaryl/α,β-unsaturated/α-hetero) is 1. The standard InChI is InChI=1S/C36H57N7O6/c1-10-13-25(29(44)34(48)39-22(6)20(3)4)40-33(47)28-24-15-12-14-23(24)19-43(28)35(49)30(36(7,8)9)42-32(46)27(21(5)11-2)41-31(45)26-18-37-16-17-38-26/h16-18,20-25,27-28,30H,10-15,19H2,1-9H3,(H,39,48)(H,40,47)(H,41,45)(H,42,46)/t21?,22-,23+,24+,25-,27+,28+,30-/m1/s1. The lowest BCUT2D eigenvalue weighted by Gasteiger charge is -2.37. The Labute approximate surface area is 290 Å². The number of hydrogen-bond acceptors (Lipinski definition) is 8. The van der Waals surface area contributed by atoms with Crippen LogP contribution in [-0.2, 0) is 24.0 Å². The van der Waals surface area contributed by atoms with Crippen molar-refractivity contribution in [3.63, 3.8) is 0 Å². The van der Waals surface area contributed by atoms with Gasteiger partial charge in [0.1, 0.15) is 23.8 Å². The van der Waals surface area contributed by atoms with Crippen LogP contribution < -0.4 is 21.3 Å². The molecule has 1 aliphatic carbocycles. The number of hydrogen-bond donors (Lipinski definition) is 4. The van der Waals surface area contributed by atoms with Crippen molar-refractivity contribution in [2.24, 2.45) is 29.1 Å². The lowest BCUT2D eigenvalue weighted by atomic mass is 9.84. The molecule has 0 spiro atoms. The summed E-state index contributed by atoms with van der Waals surface area (Å²) in [6.45, 7) is 17.2. The molecule has 2 fully saturated rings. The lowest BCUT2D eigenvalue weighted by Crippen LogP contribution is -2.62. The van der Waals surface area contributed by atoms with Gasteiger partial charge in [-0.3, -0.25) is 33.8 Å². The number of carbonyl (C=O) groups excluding carboxylic acids is 6. The molecule has 13 heteroatoms. The molecule has 0 aromatic carbocycles. The maximum Gasteiger partial charge on any atom is 0.289 e. The molecule has 13 nitrogen and oxygen atoms in total. The Morgan fingerprint density at radius 2 is 1.63 bits per heavy atom. The highest BCUT2D eigenvalue weighted by Crippen LogP contribution is 2.43. The zero-order chi connectivity index (χ0) is 36.6. The normalized spacial score (nSPS) is 21.9. The number of nitrogens with zero attached hydrogens (tertiary/aromatic N) is 3. The third-order valence-corrected chi connectivity index (χ3v) is 10.2. The number of likely N-dealkylation sites (tertiary alicyclic amines) is 1. The van der Waals surface area contributed by atoms with Gasteiger partial charge in [0.15, 0.2) is 0 Å². The SMILES string of the molecule is CCC[C@@H](NC(=O)[C@@H]1[C@H]2CCC[C@H]2CN1C(=O)[C@@H](NC(=O)[C@@H](NC(=O)c1cnccn1)C(C)CC)C(C)(C)C)C(=O)C(=O)N[C@H](C)C(C)C. The Hall–Kier alpha value is -3.90. The second-order valence-electron chi connectivity index (χ2n) is 15.2. The maximum absolute atomic E-state index is 14.5. The first-order chi connectivity index (χ1) is 23.0. The van der Waals surface area contributed by atoms with Crippen molar-refractivity contribution in [1.29, 1.82) is 0 Å². The Morgan fingerprint density at radius 1 is 0.939 bits per heavy atom. The van der Waals surface area contributed by atoms with Gasteiger partial charge < -0.3 is 26.2 Å². The minimum Gasteiger partial charge on any atom is -0.347 e. The number of ketones is 1. The molecule has 272 valence electrons. The number of nitrogens with one attached hydrogen (secondary N) is 4. The molecule has 2 heterocycles. The first kappa shape index (κ1) is 39.5. The smallest absolute Gasteiger partial charge is 0.289 e. The molecular formula is C36H57N7O6. The third kappa shape index (κ3) is 9.85. The van der Waals surface area contributed by atoms with Crippen LogP contribution in [0.5, 0.6) is 0 Å². The fourth-order valence-electron chi connectivity index (χ4n) is 6.67. The van der Waals surface area contributed by atoms with Gasteiger partial charge in [0, 0.05) is 25.0 Å². The second-order valence-corrected chi connectivity index (χ2v) is 15.2. The van der Waals surface area contributed by atoms with Gasteiger partial charge in [0.2, 0.25) is 23.5 Å². The van der Waals surface area contributed by atoms with E-state index in [1.807, 2.05) is 62.3 Å². The van der Waals surface area contributed by atoms with Crippen LogP contribution >= 0.6 is 0 Å². The first-order valence-corrected chi connectivity index (χ1v) is 17.8. The van der Waals surface area contributed by atoms with Gasteiger partial charge in [-0.15, -0.1) is 0 Å². The molecular weight excluding hydrogens is 626 g/mol. The van der Waals surface area contributed by atoms with E-state index < -0.39 is 64.9 Å². The molecule has 1 saturated carbocycles. The average Bonchev–Trinajstić information content (AvgIpc) is 3.66. The van der Waals surface area contributed by atoms with Gasteiger partial charge in [0.25, 0.3) is 11.8 Å². The van der Waals surface area contributed by atoms with E-state index in [-0.39, 0.29) is 41.8 Å². The van der Waals surface area contributed by atoms with Crippen molar-refractivity contribution in [2.75, 3.05) is 6.54 Å².